The lowest BCUT2D eigenvalue weighted by Crippen LogP contribution is -2.38. The third-order valence-electron chi connectivity index (χ3n) is 2.42. The zero-order valence-electron chi connectivity index (χ0n) is 10.2. The lowest BCUT2D eigenvalue weighted by molar-refractivity contribution is -0.137. The fourth-order valence-electron chi connectivity index (χ4n) is 1.36. The number of carbonyl (C=O) groups excluding carboxylic acids is 1. The van der Waals surface area contributed by atoms with Gasteiger partial charge >= 0.3 is 12.0 Å². The van der Waals surface area contributed by atoms with Crippen molar-refractivity contribution in [1.29, 1.82) is 0 Å². The SMILES string of the molecule is CCN(CC(=O)O)C(=O)Nc1ccc(C)c(Br)c1. The number of halogens is 1. The lowest BCUT2D eigenvalue weighted by Gasteiger charge is -2.19. The Morgan fingerprint density at radius 2 is 2.11 bits per heavy atom. The Morgan fingerprint density at radius 1 is 1.44 bits per heavy atom. The molecule has 0 radical (unpaired) electrons. The summed E-state index contributed by atoms with van der Waals surface area (Å²) in [5.74, 6) is -1.03. The van der Waals surface area contributed by atoms with E-state index in [2.05, 4.69) is 21.2 Å². The summed E-state index contributed by atoms with van der Waals surface area (Å²) in [4.78, 5) is 23.6. The highest BCUT2D eigenvalue weighted by molar-refractivity contribution is 9.10. The number of carbonyl (C=O) groups is 2. The minimum atomic E-state index is -1.03. The Balaban J connectivity index is 2.73. The molecule has 0 saturated heterocycles. The number of nitrogens with zero attached hydrogens (tertiary/aromatic N) is 1. The van der Waals surface area contributed by atoms with E-state index in [0.717, 1.165) is 10.0 Å². The van der Waals surface area contributed by atoms with Gasteiger partial charge in [-0.2, -0.15) is 0 Å². The molecular formula is C12H15BrN2O3. The summed E-state index contributed by atoms with van der Waals surface area (Å²) in [5.41, 5.74) is 1.69. The van der Waals surface area contributed by atoms with Gasteiger partial charge in [0.05, 0.1) is 0 Å². The predicted octanol–water partition coefficient (Wildman–Crippen LogP) is 2.70. The molecule has 0 atom stereocenters. The molecular weight excluding hydrogens is 300 g/mol. The van der Waals surface area contributed by atoms with Gasteiger partial charge in [0.25, 0.3) is 0 Å². The summed E-state index contributed by atoms with van der Waals surface area (Å²) < 4.78 is 0.890. The van der Waals surface area contributed by atoms with Crippen LogP contribution in [-0.4, -0.2) is 35.1 Å². The number of benzene rings is 1. The number of rotatable bonds is 4. The summed E-state index contributed by atoms with van der Waals surface area (Å²) in [7, 11) is 0. The molecule has 2 amide bonds. The van der Waals surface area contributed by atoms with Crippen LogP contribution in [0.4, 0.5) is 10.5 Å². The topological polar surface area (TPSA) is 69.6 Å². The number of likely N-dealkylation sites (N-methyl/N-ethyl adjacent to an activating group) is 1. The number of carboxylic acids is 1. The Morgan fingerprint density at radius 3 is 2.61 bits per heavy atom. The van der Waals surface area contributed by atoms with Crippen LogP contribution in [0.5, 0.6) is 0 Å². The van der Waals surface area contributed by atoms with Crippen LogP contribution in [0.1, 0.15) is 12.5 Å². The number of hydrogen-bond donors (Lipinski definition) is 2. The standard InChI is InChI=1S/C12H15BrN2O3/c1-3-15(7-11(16)17)12(18)14-9-5-4-8(2)10(13)6-9/h4-6H,3,7H2,1-2H3,(H,14,18)(H,16,17). The van der Waals surface area contributed by atoms with Crippen molar-refractivity contribution in [3.63, 3.8) is 0 Å². The van der Waals surface area contributed by atoms with Crippen molar-refractivity contribution in [3.8, 4) is 0 Å². The van der Waals surface area contributed by atoms with Gasteiger partial charge in [0.2, 0.25) is 0 Å². The minimum Gasteiger partial charge on any atom is -0.480 e. The molecule has 0 unspecified atom stereocenters. The predicted molar refractivity (Wildman–Crippen MR) is 72.8 cm³/mol. The van der Waals surface area contributed by atoms with Crippen molar-refractivity contribution in [2.75, 3.05) is 18.4 Å². The van der Waals surface area contributed by atoms with E-state index in [0.29, 0.717) is 12.2 Å². The van der Waals surface area contributed by atoms with Crippen molar-refractivity contribution in [1.82, 2.24) is 4.90 Å². The average molecular weight is 315 g/mol. The van der Waals surface area contributed by atoms with Crippen molar-refractivity contribution in [2.24, 2.45) is 0 Å². The molecule has 0 aliphatic carbocycles. The first kappa shape index (κ1) is 14.5. The largest absolute Gasteiger partial charge is 0.480 e. The quantitative estimate of drug-likeness (QED) is 0.897. The maximum atomic E-state index is 11.8. The minimum absolute atomic E-state index is 0.310. The summed E-state index contributed by atoms with van der Waals surface area (Å²) in [6.45, 7) is 3.70. The van der Waals surface area contributed by atoms with Gasteiger partial charge in [0.1, 0.15) is 6.54 Å². The van der Waals surface area contributed by atoms with Crippen LogP contribution in [0.2, 0.25) is 0 Å². The third kappa shape index (κ3) is 4.03. The molecule has 1 aromatic carbocycles. The van der Waals surface area contributed by atoms with Gasteiger partial charge in [0, 0.05) is 16.7 Å². The molecule has 6 heteroatoms. The highest BCUT2D eigenvalue weighted by Crippen LogP contribution is 2.20. The number of amides is 2. The molecule has 0 aliphatic heterocycles. The van der Waals surface area contributed by atoms with Crippen molar-refractivity contribution >= 4 is 33.6 Å². The van der Waals surface area contributed by atoms with E-state index in [9.17, 15) is 9.59 Å². The average Bonchev–Trinajstić information content (AvgIpc) is 2.30. The second-order valence-electron chi connectivity index (χ2n) is 3.80. The van der Waals surface area contributed by atoms with E-state index in [1.807, 2.05) is 13.0 Å². The van der Waals surface area contributed by atoms with Gasteiger partial charge in [0.15, 0.2) is 0 Å². The first-order chi connectivity index (χ1) is 8.43. The van der Waals surface area contributed by atoms with Crippen LogP contribution in [0.15, 0.2) is 22.7 Å². The number of urea groups is 1. The molecule has 0 saturated carbocycles. The van der Waals surface area contributed by atoms with Gasteiger partial charge in [-0.05, 0) is 31.5 Å². The van der Waals surface area contributed by atoms with Gasteiger partial charge < -0.3 is 15.3 Å². The maximum Gasteiger partial charge on any atom is 0.323 e. The first-order valence-electron chi connectivity index (χ1n) is 5.48. The highest BCUT2D eigenvalue weighted by atomic mass is 79.9. The Bertz CT molecular complexity index is 463. The van der Waals surface area contributed by atoms with Crippen molar-refractivity contribution in [2.45, 2.75) is 13.8 Å². The summed E-state index contributed by atoms with van der Waals surface area (Å²) >= 11 is 3.37. The summed E-state index contributed by atoms with van der Waals surface area (Å²) in [6, 6.07) is 5.00. The third-order valence-corrected chi connectivity index (χ3v) is 3.27. The Kier molecular flexibility index (Phi) is 5.15. The Hall–Kier alpha value is -1.56. The number of nitrogens with one attached hydrogen (secondary N) is 1. The van der Waals surface area contributed by atoms with Crippen LogP contribution in [0.3, 0.4) is 0 Å². The maximum absolute atomic E-state index is 11.8. The number of anilines is 1. The monoisotopic (exact) mass is 314 g/mol. The van der Waals surface area contributed by atoms with Crippen LogP contribution in [0.25, 0.3) is 0 Å². The number of hydrogen-bond acceptors (Lipinski definition) is 2. The molecule has 1 aromatic rings. The van der Waals surface area contributed by atoms with E-state index in [1.54, 1.807) is 19.1 Å². The van der Waals surface area contributed by atoms with Crippen LogP contribution < -0.4 is 5.32 Å². The molecule has 0 bridgehead atoms. The van der Waals surface area contributed by atoms with Crippen molar-refractivity contribution < 1.29 is 14.7 Å². The molecule has 0 spiro atoms. The second-order valence-corrected chi connectivity index (χ2v) is 4.66. The summed E-state index contributed by atoms with van der Waals surface area (Å²) in [6.07, 6.45) is 0. The van der Waals surface area contributed by atoms with E-state index in [-0.39, 0.29) is 6.54 Å². The van der Waals surface area contributed by atoms with Crippen molar-refractivity contribution in [3.05, 3.63) is 28.2 Å². The lowest BCUT2D eigenvalue weighted by atomic mass is 10.2. The second kappa shape index (κ2) is 6.39. The van der Waals surface area contributed by atoms with Crippen LogP contribution >= 0.6 is 15.9 Å². The summed E-state index contributed by atoms with van der Waals surface area (Å²) in [5, 5.41) is 11.3. The molecule has 0 heterocycles. The zero-order chi connectivity index (χ0) is 13.7. The number of aryl methyl sites for hydroxylation is 1. The molecule has 5 nitrogen and oxygen atoms in total. The molecule has 0 aromatic heterocycles. The van der Waals surface area contributed by atoms with Crippen LogP contribution in [0, 0.1) is 6.92 Å². The highest BCUT2D eigenvalue weighted by Gasteiger charge is 2.14. The number of carboxylic acid groups (broad SMARTS) is 1. The van der Waals surface area contributed by atoms with Gasteiger partial charge in [-0.25, -0.2) is 4.79 Å². The first-order valence-corrected chi connectivity index (χ1v) is 6.27. The fourth-order valence-corrected chi connectivity index (χ4v) is 1.74. The van der Waals surface area contributed by atoms with E-state index >= 15 is 0 Å². The van der Waals surface area contributed by atoms with Crippen LogP contribution in [-0.2, 0) is 4.79 Å². The fraction of sp³-hybridized carbons (Fsp3) is 0.333. The van der Waals surface area contributed by atoms with E-state index < -0.39 is 12.0 Å². The normalized spacial score (nSPS) is 9.94. The molecule has 98 valence electrons. The molecule has 1 rings (SSSR count). The zero-order valence-corrected chi connectivity index (χ0v) is 11.8. The number of aliphatic carboxylic acids is 1. The van der Waals surface area contributed by atoms with Gasteiger partial charge in [-0.15, -0.1) is 0 Å². The molecule has 2 N–H and O–H groups in total. The molecule has 0 fully saturated rings. The smallest absolute Gasteiger partial charge is 0.323 e. The molecule has 0 aliphatic rings. The molecule has 18 heavy (non-hydrogen) atoms. The van der Waals surface area contributed by atoms with E-state index in [1.165, 1.54) is 4.90 Å². The Labute approximate surface area is 114 Å². The van der Waals surface area contributed by atoms with E-state index in [4.69, 9.17) is 5.11 Å². The van der Waals surface area contributed by atoms with Gasteiger partial charge in [-0.1, -0.05) is 22.0 Å². The van der Waals surface area contributed by atoms with Gasteiger partial charge in [-0.3, -0.25) is 4.79 Å².